The van der Waals surface area contributed by atoms with Gasteiger partial charge in [0.15, 0.2) is 0 Å². The lowest BCUT2D eigenvalue weighted by Gasteiger charge is -2.37. The number of hydrogen-bond acceptors (Lipinski definition) is 5. The molecule has 0 spiro atoms. The highest BCUT2D eigenvalue weighted by Gasteiger charge is 2.21. The number of imidazole rings is 1. The van der Waals surface area contributed by atoms with Crippen LogP contribution in [0.5, 0.6) is 0 Å². The SMILES string of the molecule is Cn1c(-c2cc(N3CCN(c4ccc(P(C)(C)=O)cn4)CC3)ccc2Cl)nc2ccccc21. The lowest BCUT2D eigenvalue weighted by molar-refractivity contribution is 0.588. The minimum atomic E-state index is -2.28. The van der Waals surface area contributed by atoms with Crippen molar-refractivity contribution >= 4 is 46.6 Å². The first-order valence-electron chi connectivity index (χ1n) is 11.0. The highest BCUT2D eigenvalue weighted by Crippen LogP contribution is 2.35. The van der Waals surface area contributed by atoms with Gasteiger partial charge in [0.1, 0.15) is 18.8 Å². The van der Waals surface area contributed by atoms with E-state index in [1.54, 1.807) is 19.5 Å². The van der Waals surface area contributed by atoms with Crippen LogP contribution in [0.15, 0.2) is 60.8 Å². The number of piperazine rings is 1. The zero-order valence-corrected chi connectivity index (χ0v) is 20.7. The number of anilines is 2. The van der Waals surface area contributed by atoms with Gasteiger partial charge in [0.2, 0.25) is 0 Å². The fraction of sp³-hybridized carbons (Fsp3) is 0.280. The van der Waals surface area contributed by atoms with Gasteiger partial charge in [-0.25, -0.2) is 9.97 Å². The fourth-order valence-corrected chi connectivity index (χ4v) is 5.32. The molecule has 0 amide bonds. The molecule has 0 aliphatic carbocycles. The molecule has 0 radical (unpaired) electrons. The van der Waals surface area contributed by atoms with Crippen molar-refractivity contribution in [3.8, 4) is 11.4 Å². The molecule has 8 heteroatoms. The monoisotopic (exact) mass is 479 g/mol. The summed E-state index contributed by atoms with van der Waals surface area (Å²) in [5.74, 6) is 1.80. The van der Waals surface area contributed by atoms with Crippen molar-refractivity contribution in [2.45, 2.75) is 0 Å². The van der Waals surface area contributed by atoms with Crippen LogP contribution >= 0.6 is 18.7 Å². The van der Waals surface area contributed by atoms with Gasteiger partial charge in [-0.2, -0.15) is 0 Å². The molecule has 1 aliphatic rings. The second-order valence-electron chi connectivity index (χ2n) is 8.85. The summed E-state index contributed by atoms with van der Waals surface area (Å²) in [7, 11) is -0.254. The van der Waals surface area contributed by atoms with Crippen LogP contribution in [0.2, 0.25) is 5.02 Å². The summed E-state index contributed by atoms with van der Waals surface area (Å²) in [5, 5.41) is 1.52. The number of aryl methyl sites for hydroxylation is 1. The van der Waals surface area contributed by atoms with E-state index in [2.05, 4.69) is 37.5 Å². The van der Waals surface area contributed by atoms with E-state index in [4.69, 9.17) is 16.6 Å². The number of benzene rings is 2. The largest absolute Gasteiger partial charge is 0.368 e. The summed E-state index contributed by atoms with van der Waals surface area (Å²) in [5.41, 5.74) is 4.13. The number of para-hydroxylation sites is 2. The zero-order chi connectivity index (χ0) is 23.2. The molecule has 6 nitrogen and oxygen atoms in total. The van der Waals surface area contributed by atoms with Crippen LogP contribution in [0.1, 0.15) is 0 Å². The molecular formula is C25H27ClN5OP. The van der Waals surface area contributed by atoms with Crippen LogP contribution in [-0.4, -0.2) is 54.0 Å². The van der Waals surface area contributed by atoms with Crippen LogP contribution < -0.4 is 15.1 Å². The second-order valence-corrected chi connectivity index (χ2v) is 12.5. The fourth-order valence-electron chi connectivity index (χ4n) is 4.35. The summed E-state index contributed by atoms with van der Waals surface area (Å²) < 4.78 is 14.4. The Morgan fingerprint density at radius 1 is 0.939 bits per heavy atom. The lowest BCUT2D eigenvalue weighted by atomic mass is 10.1. The molecule has 0 atom stereocenters. The Bertz CT molecular complexity index is 1350. The number of hydrogen-bond donors (Lipinski definition) is 0. The molecule has 0 bridgehead atoms. The molecule has 33 heavy (non-hydrogen) atoms. The van der Waals surface area contributed by atoms with Gasteiger partial charge < -0.3 is 18.9 Å². The predicted molar refractivity (Wildman–Crippen MR) is 139 cm³/mol. The van der Waals surface area contributed by atoms with Crippen molar-refractivity contribution in [3.05, 3.63) is 65.8 Å². The van der Waals surface area contributed by atoms with Crippen LogP contribution in [-0.2, 0) is 11.6 Å². The number of halogens is 1. The van der Waals surface area contributed by atoms with E-state index in [0.29, 0.717) is 5.02 Å². The zero-order valence-electron chi connectivity index (χ0n) is 19.1. The summed E-state index contributed by atoms with van der Waals surface area (Å²) in [6.07, 6.45) is 1.75. The summed E-state index contributed by atoms with van der Waals surface area (Å²) in [4.78, 5) is 14.0. The maximum atomic E-state index is 12.3. The van der Waals surface area contributed by atoms with Gasteiger partial charge in [-0.3, -0.25) is 0 Å². The van der Waals surface area contributed by atoms with Gasteiger partial charge in [0, 0.05) is 56.0 Å². The summed E-state index contributed by atoms with van der Waals surface area (Å²) in [6, 6.07) is 18.2. The number of nitrogens with zero attached hydrogens (tertiary/aromatic N) is 5. The number of aromatic nitrogens is 3. The van der Waals surface area contributed by atoms with Crippen molar-refractivity contribution in [3.63, 3.8) is 0 Å². The number of rotatable bonds is 4. The standard InChI is InChI=1S/C25H27ClN5OP/c1-29-23-7-5-4-6-22(23)28-25(29)20-16-18(8-10-21(20)26)30-12-14-31(15-13-30)24-11-9-19(17-27-24)33(2,3)32/h4-11,16-17H,12-15H2,1-3H3. The van der Waals surface area contributed by atoms with E-state index in [-0.39, 0.29) is 0 Å². The first-order chi connectivity index (χ1) is 15.8. The smallest absolute Gasteiger partial charge is 0.142 e. The molecule has 2 aromatic heterocycles. The molecule has 1 saturated heterocycles. The molecule has 3 heterocycles. The third kappa shape index (κ3) is 4.25. The van der Waals surface area contributed by atoms with E-state index in [1.807, 2.05) is 43.4 Å². The van der Waals surface area contributed by atoms with Crippen LogP contribution in [0.4, 0.5) is 11.5 Å². The van der Waals surface area contributed by atoms with Gasteiger partial charge in [-0.1, -0.05) is 23.7 Å². The van der Waals surface area contributed by atoms with Crippen LogP contribution in [0.25, 0.3) is 22.4 Å². The molecule has 4 aromatic rings. The third-order valence-corrected chi connectivity index (χ3v) is 8.14. The van der Waals surface area contributed by atoms with E-state index < -0.39 is 7.14 Å². The number of pyridine rings is 1. The van der Waals surface area contributed by atoms with Gasteiger partial charge in [0.25, 0.3) is 0 Å². The number of fused-ring (bicyclic) bond motifs is 1. The van der Waals surface area contributed by atoms with Gasteiger partial charge in [0.05, 0.1) is 16.1 Å². The average Bonchev–Trinajstić information content (AvgIpc) is 3.15. The van der Waals surface area contributed by atoms with Crippen molar-refractivity contribution in [2.24, 2.45) is 7.05 Å². The van der Waals surface area contributed by atoms with E-state index >= 15 is 0 Å². The van der Waals surface area contributed by atoms with Gasteiger partial charge in [-0.15, -0.1) is 0 Å². The molecule has 0 N–H and O–H groups in total. The molecule has 0 unspecified atom stereocenters. The van der Waals surface area contributed by atoms with Crippen molar-refractivity contribution in [2.75, 3.05) is 49.3 Å². The predicted octanol–water partition coefficient (Wildman–Crippen LogP) is 4.86. The van der Waals surface area contributed by atoms with Crippen molar-refractivity contribution in [1.82, 2.24) is 14.5 Å². The second kappa shape index (κ2) is 8.51. The third-order valence-electron chi connectivity index (χ3n) is 6.30. The topological polar surface area (TPSA) is 54.3 Å². The maximum Gasteiger partial charge on any atom is 0.142 e. The Balaban J connectivity index is 1.35. The normalized spacial score (nSPS) is 14.8. The van der Waals surface area contributed by atoms with Crippen LogP contribution in [0, 0.1) is 0 Å². The average molecular weight is 480 g/mol. The maximum absolute atomic E-state index is 12.3. The Kier molecular flexibility index (Phi) is 5.67. The molecule has 170 valence electrons. The van der Waals surface area contributed by atoms with E-state index in [9.17, 15) is 4.57 Å². The quantitative estimate of drug-likeness (QED) is 0.391. The van der Waals surface area contributed by atoms with Gasteiger partial charge in [-0.05, 0) is 55.8 Å². The van der Waals surface area contributed by atoms with E-state index in [1.165, 1.54) is 0 Å². The van der Waals surface area contributed by atoms with Crippen molar-refractivity contribution < 1.29 is 4.57 Å². The van der Waals surface area contributed by atoms with Gasteiger partial charge >= 0.3 is 0 Å². The molecule has 5 rings (SSSR count). The molecule has 1 fully saturated rings. The Morgan fingerprint density at radius 3 is 2.33 bits per heavy atom. The Labute approximate surface area is 199 Å². The minimum Gasteiger partial charge on any atom is -0.368 e. The van der Waals surface area contributed by atoms with Crippen LogP contribution in [0.3, 0.4) is 0 Å². The van der Waals surface area contributed by atoms with E-state index in [0.717, 1.165) is 65.4 Å². The lowest BCUT2D eigenvalue weighted by Crippen LogP contribution is -2.46. The highest BCUT2D eigenvalue weighted by molar-refractivity contribution is 7.70. The Morgan fingerprint density at radius 2 is 1.67 bits per heavy atom. The highest BCUT2D eigenvalue weighted by atomic mass is 35.5. The minimum absolute atomic E-state index is 0.698. The molecular weight excluding hydrogens is 453 g/mol. The molecule has 1 aliphatic heterocycles. The molecule has 2 aromatic carbocycles. The first kappa shape index (κ1) is 22.0. The summed E-state index contributed by atoms with van der Waals surface area (Å²) in [6.45, 7) is 7.05. The van der Waals surface area contributed by atoms with Crippen molar-refractivity contribution in [1.29, 1.82) is 0 Å². The first-order valence-corrected chi connectivity index (χ1v) is 14.0. The Hall–Kier alpha value is -2.82. The molecule has 0 saturated carbocycles. The summed E-state index contributed by atoms with van der Waals surface area (Å²) >= 11 is 6.61.